The van der Waals surface area contributed by atoms with E-state index in [9.17, 15) is 0 Å². The molecule has 78 valence electrons. The van der Waals surface area contributed by atoms with Crippen molar-refractivity contribution >= 4 is 10.8 Å². The average Bonchev–Trinajstić information content (AvgIpc) is 2.29. The van der Waals surface area contributed by atoms with Gasteiger partial charge in [0.2, 0.25) is 0 Å². The van der Waals surface area contributed by atoms with E-state index in [1.165, 1.54) is 0 Å². The monoisotopic (exact) mass is 203 g/mol. The van der Waals surface area contributed by atoms with E-state index < -0.39 is 0 Å². The quantitative estimate of drug-likeness (QED) is 0.751. The Morgan fingerprint density at radius 1 is 1.00 bits per heavy atom. The maximum atomic E-state index is 5.32. The van der Waals surface area contributed by atoms with Crippen LogP contribution in [0.2, 0.25) is 0 Å². The minimum Gasteiger partial charge on any atom is -0.491 e. The Hall–Kier alpha value is -1.77. The topological polar surface area (TPSA) is 31.4 Å². The van der Waals surface area contributed by atoms with Crippen LogP contribution in [0.15, 0.2) is 24.3 Å². The van der Waals surface area contributed by atoms with Gasteiger partial charge in [0.1, 0.15) is 0 Å². The van der Waals surface area contributed by atoms with E-state index in [1.807, 2.05) is 31.2 Å². The molecule has 15 heavy (non-hydrogen) atoms. The zero-order valence-electron chi connectivity index (χ0n) is 9.07. The second-order valence-electron chi connectivity index (χ2n) is 3.29. The van der Waals surface area contributed by atoms with Gasteiger partial charge in [-0.3, -0.25) is 0 Å². The lowest BCUT2D eigenvalue weighted by molar-refractivity contribution is 0.346. The van der Waals surface area contributed by atoms with E-state index in [-0.39, 0.29) is 0 Å². The third kappa shape index (κ3) is 1.50. The zero-order valence-corrected chi connectivity index (χ0v) is 9.07. The minimum atomic E-state index is 0.536. The third-order valence-electron chi connectivity index (χ3n) is 2.42. The van der Waals surface area contributed by atoms with Gasteiger partial charge in [0.25, 0.3) is 5.88 Å². The van der Waals surface area contributed by atoms with Crippen molar-refractivity contribution in [1.82, 2.24) is 4.98 Å². The second-order valence-corrected chi connectivity index (χ2v) is 3.29. The maximum absolute atomic E-state index is 5.32. The van der Waals surface area contributed by atoms with Gasteiger partial charge in [0.15, 0.2) is 5.75 Å². The highest BCUT2D eigenvalue weighted by Crippen LogP contribution is 2.34. The first-order valence-electron chi connectivity index (χ1n) is 4.75. The molecular weight excluding hydrogens is 190 g/mol. The summed E-state index contributed by atoms with van der Waals surface area (Å²) in [5, 5.41) is 2.12. The van der Waals surface area contributed by atoms with Crippen LogP contribution < -0.4 is 9.47 Å². The Bertz CT molecular complexity index is 494. The fourth-order valence-corrected chi connectivity index (χ4v) is 1.71. The third-order valence-corrected chi connectivity index (χ3v) is 2.42. The predicted octanol–water partition coefficient (Wildman–Crippen LogP) is 2.56. The molecule has 0 aliphatic carbocycles. The molecule has 0 aliphatic heterocycles. The molecule has 2 aromatic rings. The van der Waals surface area contributed by atoms with Crippen LogP contribution in [0.5, 0.6) is 11.6 Å². The molecule has 0 amide bonds. The van der Waals surface area contributed by atoms with Crippen molar-refractivity contribution in [2.45, 2.75) is 6.92 Å². The van der Waals surface area contributed by atoms with Crippen molar-refractivity contribution in [3.8, 4) is 11.6 Å². The molecule has 0 saturated heterocycles. The average molecular weight is 203 g/mol. The van der Waals surface area contributed by atoms with Gasteiger partial charge < -0.3 is 9.47 Å². The van der Waals surface area contributed by atoms with Crippen molar-refractivity contribution in [2.75, 3.05) is 14.2 Å². The van der Waals surface area contributed by atoms with Gasteiger partial charge in [0, 0.05) is 16.5 Å². The van der Waals surface area contributed by atoms with E-state index in [1.54, 1.807) is 14.2 Å². The first kappa shape index (κ1) is 9.77. The molecule has 0 aliphatic rings. The van der Waals surface area contributed by atoms with Crippen molar-refractivity contribution in [1.29, 1.82) is 0 Å². The fraction of sp³-hybridized carbons (Fsp3) is 0.250. The number of aryl methyl sites for hydroxylation is 1. The lowest BCUT2D eigenvalue weighted by atomic mass is 10.1. The molecule has 1 aromatic carbocycles. The SMILES string of the molecule is COc1nc(C)c2ccccc2c1OC. The number of fused-ring (bicyclic) bond motifs is 1. The second kappa shape index (κ2) is 3.77. The Morgan fingerprint density at radius 2 is 1.67 bits per heavy atom. The summed E-state index contributed by atoms with van der Waals surface area (Å²) in [6.45, 7) is 1.96. The molecular formula is C12H13NO2. The van der Waals surface area contributed by atoms with Gasteiger partial charge in [-0.25, -0.2) is 4.98 Å². The van der Waals surface area contributed by atoms with Gasteiger partial charge >= 0.3 is 0 Å². The Balaban J connectivity index is 2.85. The molecule has 0 fully saturated rings. The van der Waals surface area contributed by atoms with E-state index >= 15 is 0 Å². The van der Waals surface area contributed by atoms with E-state index in [4.69, 9.17) is 9.47 Å². The lowest BCUT2D eigenvalue weighted by Gasteiger charge is -2.11. The highest BCUT2D eigenvalue weighted by Gasteiger charge is 2.11. The smallest absolute Gasteiger partial charge is 0.257 e. The number of hydrogen-bond donors (Lipinski definition) is 0. The molecule has 1 aromatic heterocycles. The number of aromatic nitrogens is 1. The largest absolute Gasteiger partial charge is 0.491 e. The molecule has 3 heteroatoms. The number of nitrogens with zero attached hydrogens (tertiary/aromatic N) is 1. The van der Waals surface area contributed by atoms with Crippen LogP contribution in [0.3, 0.4) is 0 Å². The van der Waals surface area contributed by atoms with Crippen molar-refractivity contribution in [2.24, 2.45) is 0 Å². The molecule has 0 radical (unpaired) electrons. The summed E-state index contributed by atoms with van der Waals surface area (Å²) in [6.07, 6.45) is 0. The molecule has 0 bridgehead atoms. The summed E-state index contributed by atoms with van der Waals surface area (Å²) in [6, 6.07) is 8.00. The standard InChI is InChI=1S/C12H13NO2/c1-8-9-6-4-5-7-10(9)11(14-2)12(13-8)15-3/h4-7H,1-3H3. The fourth-order valence-electron chi connectivity index (χ4n) is 1.71. The summed E-state index contributed by atoms with van der Waals surface area (Å²) < 4.78 is 10.5. The van der Waals surface area contributed by atoms with E-state index in [0.29, 0.717) is 11.6 Å². The highest BCUT2D eigenvalue weighted by molar-refractivity contribution is 5.91. The van der Waals surface area contributed by atoms with Gasteiger partial charge in [0.05, 0.1) is 14.2 Å². The summed E-state index contributed by atoms with van der Waals surface area (Å²) in [7, 11) is 3.22. The van der Waals surface area contributed by atoms with Gasteiger partial charge in [-0.1, -0.05) is 24.3 Å². The summed E-state index contributed by atoms with van der Waals surface area (Å²) >= 11 is 0. The summed E-state index contributed by atoms with van der Waals surface area (Å²) in [5.41, 5.74) is 0.947. The van der Waals surface area contributed by atoms with Crippen molar-refractivity contribution in [3.63, 3.8) is 0 Å². The molecule has 3 nitrogen and oxygen atoms in total. The number of rotatable bonds is 2. The highest BCUT2D eigenvalue weighted by atomic mass is 16.5. The Kier molecular flexibility index (Phi) is 2.46. The van der Waals surface area contributed by atoms with Crippen LogP contribution in [0.1, 0.15) is 5.69 Å². The molecule has 0 atom stereocenters. The maximum Gasteiger partial charge on any atom is 0.257 e. The molecule has 2 rings (SSSR count). The molecule has 0 saturated carbocycles. The lowest BCUT2D eigenvalue weighted by Crippen LogP contribution is -1.96. The molecule has 1 heterocycles. The van der Waals surface area contributed by atoms with Crippen LogP contribution in [0, 0.1) is 6.92 Å². The normalized spacial score (nSPS) is 10.3. The van der Waals surface area contributed by atoms with Gasteiger partial charge in [-0.05, 0) is 6.92 Å². The number of ether oxygens (including phenoxy) is 2. The predicted molar refractivity (Wildman–Crippen MR) is 59.6 cm³/mol. The number of methoxy groups -OCH3 is 2. The molecule has 0 unspecified atom stereocenters. The first-order chi connectivity index (χ1) is 7.27. The molecule has 0 spiro atoms. The van der Waals surface area contributed by atoms with Gasteiger partial charge in [-0.2, -0.15) is 0 Å². The Morgan fingerprint density at radius 3 is 2.27 bits per heavy atom. The van der Waals surface area contributed by atoms with Crippen molar-refractivity contribution in [3.05, 3.63) is 30.0 Å². The summed E-state index contributed by atoms with van der Waals surface area (Å²) in [4.78, 5) is 4.34. The number of hydrogen-bond acceptors (Lipinski definition) is 3. The summed E-state index contributed by atoms with van der Waals surface area (Å²) in [5.74, 6) is 1.23. The molecule has 0 N–H and O–H groups in total. The van der Waals surface area contributed by atoms with E-state index in [0.717, 1.165) is 16.5 Å². The number of pyridine rings is 1. The van der Waals surface area contributed by atoms with Crippen LogP contribution in [0.25, 0.3) is 10.8 Å². The number of benzene rings is 1. The van der Waals surface area contributed by atoms with Crippen LogP contribution >= 0.6 is 0 Å². The van der Waals surface area contributed by atoms with Gasteiger partial charge in [-0.15, -0.1) is 0 Å². The van der Waals surface area contributed by atoms with Crippen molar-refractivity contribution < 1.29 is 9.47 Å². The minimum absolute atomic E-state index is 0.536. The first-order valence-corrected chi connectivity index (χ1v) is 4.75. The Labute approximate surface area is 88.7 Å². The van der Waals surface area contributed by atoms with E-state index in [2.05, 4.69) is 4.98 Å². The zero-order chi connectivity index (χ0) is 10.8. The van der Waals surface area contributed by atoms with Crippen LogP contribution in [0.4, 0.5) is 0 Å². The van der Waals surface area contributed by atoms with Crippen LogP contribution in [-0.2, 0) is 0 Å². The van der Waals surface area contributed by atoms with Crippen LogP contribution in [-0.4, -0.2) is 19.2 Å².